The molecule has 194 valence electrons. The van der Waals surface area contributed by atoms with Gasteiger partial charge in [-0.1, -0.05) is 44.2 Å². The fourth-order valence-electron chi connectivity index (χ4n) is 4.10. The van der Waals surface area contributed by atoms with E-state index < -0.39 is 41.7 Å². The zero-order chi connectivity index (χ0) is 26.2. The number of ether oxygens (including phenoxy) is 2. The van der Waals surface area contributed by atoms with Crippen molar-refractivity contribution in [3.8, 4) is 0 Å². The second kappa shape index (κ2) is 12.6. The lowest BCUT2D eigenvalue weighted by Gasteiger charge is -2.30. The molecule has 0 bridgehead atoms. The Hall–Kier alpha value is -3.10. The summed E-state index contributed by atoms with van der Waals surface area (Å²) in [4.78, 5) is 52.9. The second-order valence-electron chi connectivity index (χ2n) is 10.3. The minimum atomic E-state index is -0.910. The Morgan fingerprint density at radius 2 is 1.71 bits per heavy atom. The van der Waals surface area contributed by atoms with Crippen LogP contribution in [0.25, 0.3) is 0 Å². The summed E-state index contributed by atoms with van der Waals surface area (Å²) >= 11 is 0. The molecule has 2 rings (SSSR count). The zero-order valence-electron chi connectivity index (χ0n) is 21.6. The van der Waals surface area contributed by atoms with Crippen molar-refractivity contribution in [2.45, 2.75) is 84.0 Å². The number of likely N-dealkylation sites (tertiary alicyclic amines) is 1. The first-order valence-corrected chi connectivity index (χ1v) is 12.1. The van der Waals surface area contributed by atoms with Crippen molar-refractivity contribution in [3.63, 3.8) is 0 Å². The van der Waals surface area contributed by atoms with Crippen molar-refractivity contribution >= 4 is 23.9 Å². The molecule has 0 saturated carbocycles. The van der Waals surface area contributed by atoms with Crippen LogP contribution in [-0.4, -0.2) is 66.2 Å². The third-order valence-electron chi connectivity index (χ3n) is 5.62. The number of carbonyl (C=O) groups excluding carboxylic acids is 4. The smallest absolute Gasteiger partial charge is 0.408 e. The Bertz CT molecular complexity index is 881. The van der Waals surface area contributed by atoms with Crippen LogP contribution in [0.2, 0.25) is 0 Å². The first-order valence-electron chi connectivity index (χ1n) is 12.1. The van der Waals surface area contributed by atoms with E-state index in [0.29, 0.717) is 25.8 Å². The van der Waals surface area contributed by atoms with E-state index in [4.69, 9.17) is 9.47 Å². The van der Waals surface area contributed by atoms with Crippen molar-refractivity contribution in [1.29, 1.82) is 0 Å². The molecule has 9 heteroatoms. The van der Waals surface area contributed by atoms with Crippen LogP contribution in [0.4, 0.5) is 4.79 Å². The van der Waals surface area contributed by atoms with Gasteiger partial charge in [0.1, 0.15) is 23.7 Å². The molecular formula is C26H39N3O6. The summed E-state index contributed by atoms with van der Waals surface area (Å²) in [6, 6.07) is 6.90. The van der Waals surface area contributed by atoms with Gasteiger partial charge in [-0.3, -0.25) is 9.59 Å². The number of amides is 3. The normalized spacial score (nSPS) is 17.5. The largest absolute Gasteiger partial charge is 0.467 e. The van der Waals surface area contributed by atoms with Crippen LogP contribution in [0.15, 0.2) is 30.3 Å². The molecule has 2 N–H and O–H groups in total. The van der Waals surface area contributed by atoms with Gasteiger partial charge in [0, 0.05) is 13.0 Å². The molecule has 3 atom stereocenters. The van der Waals surface area contributed by atoms with Gasteiger partial charge < -0.3 is 25.0 Å². The number of benzene rings is 1. The van der Waals surface area contributed by atoms with Gasteiger partial charge in [0.15, 0.2) is 0 Å². The minimum absolute atomic E-state index is 0.161. The molecule has 1 fully saturated rings. The summed E-state index contributed by atoms with van der Waals surface area (Å²) in [6.07, 6.45) is 1.09. The predicted molar refractivity (Wildman–Crippen MR) is 131 cm³/mol. The molecule has 0 radical (unpaired) electrons. The van der Waals surface area contributed by atoms with Crippen LogP contribution in [0, 0.1) is 5.92 Å². The number of carbonyl (C=O) groups is 4. The highest BCUT2D eigenvalue weighted by Crippen LogP contribution is 2.21. The Balaban J connectivity index is 2.20. The van der Waals surface area contributed by atoms with Crippen LogP contribution < -0.4 is 10.6 Å². The number of rotatable bonds is 9. The van der Waals surface area contributed by atoms with Gasteiger partial charge >= 0.3 is 12.1 Å². The lowest BCUT2D eigenvalue weighted by molar-refractivity contribution is -0.147. The molecule has 0 aliphatic carbocycles. The average molecular weight is 490 g/mol. The zero-order valence-corrected chi connectivity index (χ0v) is 21.6. The standard InChI is InChI=1S/C26H39N3O6/c1-17(2)15-20(24(32)34-6)27-22(30)21-13-10-14-29(21)23(31)19(16-18-11-8-7-9-12-18)28-25(33)35-26(3,4)5/h7-9,11-12,17,19-21H,10,13-16H2,1-6H3,(H,27,30)(H,28,33)/t19-,20-,21-/m0/s1. The Morgan fingerprint density at radius 1 is 1.06 bits per heavy atom. The maximum Gasteiger partial charge on any atom is 0.408 e. The number of nitrogens with one attached hydrogen (secondary N) is 2. The van der Waals surface area contributed by atoms with Gasteiger partial charge in [-0.2, -0.15) is 0 Å². The third-order valence-corrected chi connectivity index (χ3v) is 5.62. The molecule has 1 aliphatic heterocycles. The molecule has 3 amide bonds. The van der Waals surface area contributed by atoms with Gasteiger partial charge in [-0.15, -0.1) is 0 Å². The molecule has 1 aromatic carbocycles. The summed E-state index contributed by atoms with van der Waals surface area (Å²) in [5, 5.41) is 5.46. The molecule has 1 heterocycles. The van der Waals surface area contributed by atoms with E-state index in [1.165, 1.54) is 12.0 Å². The average Bonchev–Trinajstić information content (AvgIpc) is 3.26. The van der Waals surface area contributed by atoms with Gasteiger partial charge in [-0.25, -0.2) is 9.59 Å². The SMILES string of the molecule is COC(=O)[C@H](CC(C)C)NC(=O)[C@@H]1CCCN1C(=O)[C@H](Cc1ccccc1)NC(=O)OC(C)(C)C. The van der Waals surface area contributed by atoms with E-state index >= 15 is 0 Å². The van der Waals surface area contributed by atoms with Crippen LogP contribution in [0.5, 0.6) is 0 Å². The summed E-state index contributed by atoms with van der Waals surface area (Å²) in [5.41, 5.74) is 0.143. The highest BCUT2D eigenvalue weighted by atomic mass is 16.6. The molecule has 0 unspecified atom stereocenters. The fraction of sp³-hybridized carbons (Fsp3) is 0.615. The topological polar surface area (TPSA) is 114 Å². The molecular weight excluding hydrogens is 450 g/mol. The van der Waals surface area contributed by atoms with Gasteiger partial charge in [0.25, 0.3) is 0 Å². The van der Waals surface area contributed by atoms with Gasteiger partial charge in [-0.05, 0) is 51.5 Å². The van der Waals surface area contributed by atoms with Crippen molar-refractivity contribution < 1.29 is 28.7 Å². The summed E-state index contributed by atoms with van der Waals surface area (Å²) < 4.78 is 10.2. The maximum atomic E-state index is 13.6. The number of nitrogens with zero attached hydrogens (tertiary/aromatic N) is 1. The molecule has 0 aromatic heterocycles. The van der Waals surface area contributed by atoms with Crippen LogP contribution in [0.3, 0.4) is 0 Å². The molecule has 1 aromatic rings. The summed E-state index contributed by atoms with van der Waals surface area (Å²) in [7, 11) is 1.28. The number of methoxy groups -OCH3 is 1. The Morgan fingerprint density at radius 3 is 2.29 bits per heavy atom. The Labute approximate surface area is 207 Å². The number of hydrogen-bond donors (Lipinski definition) is 2. The quantitative estimate of drug-likeness (QED) is 0.516. The van der Waals surface area contributed by atoms with Crippen molar-refractivity contribution in [1.82, 2.24) is 15.5 Å². The monoisotopic (exact) mass is 489 g/mol. The van der Waals surface area contributed by atoms with Gasteiger partial charge in [0.2, 0.25) is 11.8 Å². The second-order valence-corrected chi connectivity index (χ2v) is 10.3. The molecule has 35 heavy (non-hydrogen) atoms. The molecule has 9 nitrogen and oxygen atoms in total. The van der Waals surface area contributed by atoms with E-state index in [1.54, 1.807) is 20.8 Å². The predicted octanol–water partition coefficient (Wildman–Crippen LogP) is 2.82. The molecule has 1 aliphatic rings. The highest BCUT2D eigenvalue weighted by molar-refractivity contribution is 5.93. The molecule has 1 saturated heterocycles. The summed E-state index contributed by atoms with van der Waals surface area (Å²) in [5.74, 6) is -1.12. The van der Waals surface area contributed by atoms with E-state index in [2.05, 4.69) is 10.6 Å². The Kier molecular flexibility index (Phi) is 10.1. The van der Waals surface area contributed by atoms with E-state index in [0.717, 1.165) is 5.56 Å². The van der Waals surface area contributed by atoms with E-state index in [9.17, 15) is 19.2 Å². The summed E-state index contributed by atoms with van der Waals surface area (Å²) in [6.45, 7) is 9.52. The maximum absolute atomic E-state index is 13.6. The van der Waals surface area contributed by atoms with E-state index in [1.807, 2.05) is 44.2 Å². The van der Waals surface area contributed by atoms with Crippen LogP contribution in [0.1, 0.15) is 59.4 Å². The van der Waals surface area contributed by atoms with Crippen molar-refractivity contribution in [2.75, 3.05) is 13.7 Å². The lowest BCUT2D eigenvalue weighted by atomic mass is 10.0. The number of esters is 1. The van der Waals surface area contributed by atoms with E-state index in [-0.39, 0.29) is 18.2 Å². The fourth-order valence-corrected chi connectivity index (χ4v) is 4.10. The minimum Gasteiger partial charge on any atom is -0.467 e. The highest BCUT2D eigenvalue weighted by Gasteiger charge is 2.39. The lowest BCUT2D eigenvalue weighted by Crippen LogP contribution is -2.56. The number of hydrogen-bond acceptors (Lipinski definition) is 6. The number of alkyl carbamates (subject to hydrolysis) is 1. The van der Waals surface area contributed by atoms with Crippen LogP contribution in [-0.2, 0) is 30.3 Å². The molecule has 0 spiro atoms. The third kappa shape index (κ3) is 8.88. The first kappa shape index (κ1) is 28.1. The van der Waals surface area contributed by atoms with Crippen LogP contribution >= 0.6 is 0 Å². The van der Waals surface area contributed by atoms with Gasteiger partial charge in [0.05, 0.1) is 7.11 Å². The van der Waals surface area contributed by atoms with Crippen molar-refractivity contribution in [3.05, 3.63) is 35.9 Å². The van der Waals surface area contributed by atoms with Crippen molar-refractivity contribution in [2.24, 2.45) is 5.92 Å². The first-order chi connectivity index (χ1) is 16.4.